The normalized spacial score (nSPS) is 24.9. The van der Waals surface area contributed by atoms with E-state index >= 15 is 0 Å². The average Bonchev–Trinajstić information content (AvgIpc) is 2.53. The van der Waals surface area contributed by atoms with Crippen molar-refractivity contribution in [2.24, 2.45) is 5.92 Å². The Labute approximate surface area is 129 Å². The summed E-state index contributed by atoms with van der Waals surface area (Å²) in [6, 6.07) is 0.481. The van der Waals surface area contributed by atoms with E-state index in [-0.39, 0.29) is 12.5 Å². The molecule has 1 saturated carbocycles. The van der Waals surface area contributed by atoms with Gasteiger partial charge in [-0.15, -0.1) is 0 Å². The summed E-state index contributed by atoms with van der Waals surface area (Å²) in [7, 11) is 0. The van der Waals surface area contributed by atoms with E-state index in [2.05, 4.69) is 10.2 Å². The smallest absolute Gasteiger partial charge is 0.221 e. The molecule has 1 heterocycles. The van der Waals surface area contributed by atoms with Crippen molar-refractivity contribution >= 4 is 5.91 Å². The van der Waals surface area contributed by atoms with Crippen molar-refractivity contribution in [1.82, 2.24) is 10.2 Å². The van der Waals surface area contributed by atoms with Gasteiger partial charge in [0.1, 0.15) is 0 Å². The summed E-state index contributed by atoms with van der Waals surface area (Å²) < 4.78 is 0. The molecule has 4 nitrogen and oxygen atoms in total. The molecule has 0 aromatic rings. The zero-order valence-electron chi connectivity index (χ0n) is 13.4. The Balaban J connectivity index is 1.62. The highest BCUT2D eigenvalue weighted by Gasteiger charge is 2.22. The number of carbonyl (C=O) groups excluding carboxylic acids is 1. The molecule has 0 aromatic heterocycles. The minimum Gasteiger partial charge on any atom is -0.396 e. The van der Waals surface area contributed by atoms with Crippen LogP contribution in [-0.2, 0) is 4.79 Å². The maximum Gasteiger partial charge on any atom is 0.221 e. The van der Waals surface area contributed by atoms with E-state index in [0.717, 1.165) is 26.1 Å². The Morgan fingerprint density at radius 2 is 1.86 bits per heavy atom. The molecule has 0 radical (unpaired) electrons. The molecule has 122 valence electrons. The molecular formula is C17H32N2O2. The van der Waals surface area contributed by atoms with Crippen LogP contribution in [0, 0.1) is 5.92 Å². The van der Waals surface area contributed by atoms with Crippen LogP contribution in [0.3, 0.4) is 0 Å². The monoisotopic (exact) mass is 296 g/mol. The second kappa shape index (κ2) is 9.42. The maximum absolute atomic E-state index is 12.0. The van der Waals surface area contributed by atoms with Crippen molar-refractivity contribution in [3.8, 4) is 0 Å². The highest BCUT2D eigenvalue weighted by Crippen LogP contribution is 2.23. The first-order valence-corrected chi connectivity index (χ1v) is 8.91. The van der Waals surface area contributed by atoms with Gasteiger partial charge in [0.15, 0.2) is 0 Å². The number of hydrogen-bond acceptors (Lipinski definition) is 3. The second-order valence-corrected chi connectivity index (χ2v) is 6.76. The molecular weight excluding hydrogens is 264 g/mol. The topological polar surface area (TPSA) is 52.6 Å². The number of aliphatic hydroxyl groups is 1. The summed E-state index contributed by atoms with van der Waals surface area (Å²) in [5.41, 5.74) is 0. The van der Waals surface area contributed by atoms with Crippen molar-refractivity contribution in [2.75, 3.05) is 26.2 Å². The van der Waals surface area contributed by atoms with E-state index in [9.17, 15) is 4.79 Å². The molecule has 1 aliphatic carbocycles. The van der Waals surface area contributed by atoms with E-state index in [1.165, 1.54) is 51.4 Å². The Kier molecular flexibility index (Phi) is 7.51. The summed E-state index contributed by atoms with van der Waals surface area (Å²) in [4.78, 5) is 14.4. The quantitative estimate of drug-likeness (QED) is 0.758. The third-order valence-electron chi connectivity index (χ3n) is 5.15. The van der Waals surface area contributed by atoms with Crippen LogP contribution >= 0.6 is 0 Å². The number of amides is 1. The molecule has 1 atom stereocenters. The van der Waals surface area contributed by atoms with Crippen LogP contribution < -0.4 is 5.32 Å². The van der Waals surface area contributed by atoms with Crippen LogP contribution in [-0.4, -0.2) is 48.2 Å². The predicted octanol–water partition coefficient (Wildman–Crippen LogP) is 2.31. The number of nitrogens with zero attached hydrogens (tertiary/aromatic N) is 1. The lowest BCUT2D eigenvalue weighted by Gasteiger charge is -2.35. The lowest BCUT2D eigenvalue weighted by Crippen LogP contribution is -2.42. The number of hydrogen-bond donors (Lipinski definition) is 2. The van der Waals surface area contributed by atoms with Crippen molar-refractivity contribution in [2.45, 2.75) is 70.3 Å². The molecule has 2 N–H and O–H groups in total. The van der Waals surface area contributed by atoms with E-state index in [1.54, 1.807) is 0 Å². The molecule has 0 spiro atoms. The molecule has 0 aromatic carbocycles. The SMILES string of the molecule is O=C(CCN1CCCCC1CCO)NCC1CCCCC1. The zero-order chi connectivity index (χ0) is 14.9. The standard InChI is InChI=1S/C17H32N2O2/c20-13-10-16-8-4-5-11-19(16)12-9-17(21)18-14-15-6-2-1-3-7-15/h15-16,20H,1-14H2,(H,18,21). The van der Waals surface area contributed by atoms with Gasteiger partial charge in [-0.3, -0.25) is 9.69 Å². The van der Waals surface area contributed by atoms with Gasteiger partial charge in [-0.1, -0.05) is 25.7 Å². The molecule has 21 heavy (non-hydrogen) atoms. The Morgan fingerprint density at radius 3 is 2.62 bits per heavy atom. The third kappa shape index (κ3) is 5.95. The summed E-state index contributed by atoms with van der Waals surface area (Å²) in [5.74, 6) is 0.911. The van der Waals surface area contributed by atoms with Crippen molar-refractivity contribution in [3.05, 3.63) is 0 Å². The van der Waals surface area contributed by atoms with Crippen LogP contribution in [0.25, 0.3) is 0 Å². The van der Waals surface area contributed by atoms with Crippen LogP contribution in [0.1, 0.15) is 64.2 Å². The van der Waals surface area contributed by atoms with E-state index < -0.39 is 0 Å². The summed E-state index contributed by atoms with van der Waals surface area (Å²) in [6.45, 7) is 3.07. The van der Waals surface area contributed by atoms with Crippen molar-refractivity contribution in [3.63, 3.8) is 0 Å². The van der Waals surface area contributed by atoms with E-state index in [0.29, 0.717) is 18.4 Å². The van der Waals surface area contributed by atoms with E-state index in [1.807, 2.05) is 0 Å². The number of piperidine rings is 1. The van der Waals surface area contributed by atoms with Crippen LogP contribution in [0.15, 0.2) is 0 Å². The van der Waals surface area contributed by atoms with Gasteiger partial charge in [-0.25, -0.2) is 0 Å². The molecule has 1 saturated heterocycles. The number of carbonyl (C=O) groups is 1. The van der Waals surface area contributed by atoms with Gasteiger partial charge in [0, 0.05) is 32.2 Å². The highest BCUT2D eigenvalue weighted by atomic mass is 16.3. The van der Waals surface area contributed by atoms with E-state index in [4.69, 9.17) is 5.11 Å². The summed E-state index contributed by atoms with van der Waals surface area (Å²) >= 11 is 0. The molecule has 0 bridgehead atoms. The first-order valence-electron chi connectivity index (χ1n) is 8.91. The number of nitrogens with one attached hydrogen (secondary N) is 1. The van der Waals surface area contributed by atoms with Gasteiger partial charge < -0.3 is 10.4 Å². The Morgan fingerprint density at radius 1 is 1.10 bits per heavy atom. The fraction of sp³-hybridized carbons (Fsp3) is 0.941. The fourth-order valence-corrected chi connectivity index (χ4v) is 3.81. The first-order chi connectivity index (χ1) is 10.3. The van der Waals surface area contributed by atoms with Crippen LogP contribution in [0.2, 0.25) is 0 Å². The van der Waals surface area contributed by atoms with Gasteiger partial charge in [-0.2, -0.15) is 0 Å². The number of aliphatic hydroxyl groups excluding tert-OH is 1. The summed E-state index contributed by atoms with van der Waals surface area (Å²) in [6.07, 6.45) is 11.7. The molecule has 2 fully saturated rings. The summed E-state index contributed by atoms with van der Waals surface area (Å²) in [5, 5.41) is 12.3. The Hall–Kier alpha value is -0.610. The lowest BCUT2D eigenvalue weighted by atomic mass is 9.89. The molecule has 2 aliphatic rings. The third-order valence-corrected chi connectivity index (χ3v) is 5.15. The molecule has 1 aliphatic heterocycles. The molecule has 4 heteroatoms. The number of likely N-dealkylation sites (tertiary alicyclic amines) is 1. The Bertz CT molecular complexity index is 301. The van der Waals surface area contributed by atoms with Gasteiger partial charge in [-0.05, 0) is 44.6 Å². The highest BCUT2D eigenvalue weighted by molar-refractivity contribution is 5.76. The minimum atomic E-state index is 0.203. The van der Waals surface area contributed by atoms with Gasteiger partial charge in [0.05, 0.1) is 0 Å². The largest absolute Gasteiger partial charge is 0.396 e. The lowest BCUT2D eigenvalue weighted by molar-refractivity contribution is -0.121. The number of rotatable bonds is 7. The fourth-order valence-electron chi connectivity index (χ4n) is 3.81. The maximum atomic E-state index is 12.0. The minimum absolute atomic E-state index is 0.203. The molecule has 1 unspecified atom stereocenters. The van der Waals surface area contributed by atoms with Gasteiger partial charge in [0.2, 0.25) is 5.91 Å². The van der Waals surface area contributed by atoms with Crippen LogP contribution in [0.4, 0.5) is 0 Å². The van der Waals surface area contributed by atoms with Gasteiger partial charge in [0.25, 0.3) is 0 Å². The molecule has 2 rings (SSSR count). The zero-order valence-corrected chi connectivity index (χ0v) is 13.4. The van der Waals surface area contributed by atoms with Crippen LogP contribution in [0.5, 0.6) is 0 Å². The second-order valence-electron chi connectivity index (χ2n) is 6.76. The van der Waals surface area contributed by atoms with Crippen molar-refractivity contribution < 1.29 is 9.90 Å². The molecule has 1 amide bonds. The van der Waals surface area contributed by atoms with Crippen molar-refractivity contribution in [1.29, 1.82) is 0 Å². The first kappa shape index (κ1) is 16.8. The van der Waals surface area contributed by atoms with Gasteiger partial charge >= 0.3 is 0 Å². The average molecular weight is 296 g/mol. The predicted molar refractivity (Wildman–Crippen MR) is 85.1 cm³/mol.